The molecule has 6 heteroatoms. The zero-order valence-electron chi connectivity index (χ0n) is 15.5. The summed E-state index contributed by atoms with van der Waals surface area (Å²) in [4.78, 5) is 27.8. The van der Waals surface area contributed by atoms with E-state index in [0.29, 0.717) is 50.3 Å². The maximum Gasteiger partial charge on any atom is 0.317 e. The Morgan fingerprint density at radius 3 is 2.48 bits per heavy atom. The van der Waals surface area contributed by atoms with Crippen molar-refractivity contribution in [1.29, 1.82) is 0 Å². The summed E-state index contributed by atoms with van der Waals surface area (Å²) in [5, 5.41) is 2.86. The Hall–Kier alpha value is -2.89. The number of anilines is 1. The predicted octanol–water partition coefficient (Wildman–Crippen LogP) is 3.10. The molecular weight excluding hydrogens is 345 g/mol. The molecule has 1 heterocycles. The molecule has 2 aromatic rings. The molecule has 0 aliphatic carbocycles. The van der Waals surface area contributed by atoms with Gasteiger partial charge in [-0.2, -0.15) is 0 Å². The predicted molar refractivity (Wildman–Crippen MR) is 104 cm³/mol. The Labute approximate surface area is 158 Å². The van der Waals surface area contributed by atoms with Crippen LogP contribution in [0.5, 0.6) is 0 Å². The summed E-state index contributed by atoms with van der Waals surface area (Å²) < 4.78 is 13.6. The zero-order chi connectivity index (χ0) is 19.2. The first-order valence-corrected chi connectivity index (χ1v) is 9.17. The third kappa shape index (κ3) is 4.84. The van der Waals surface area contributed by atoms with Crippen LogP contribution < -0.4 is 10.2 Å². The third-order valence-electron chi connectivity index (χ3n) is 4.81. The van der Waals surface area contributed by atoms with E-state index in [1.54, 1.807) is 30.0 Å². The molecule has 1 N–H and O–H groups in total. The summed E-state index contributed by atoms with van der Waals surface area (Å²) in [6.07, 6.45) is 0.468. The molecule has 1 fully saturated rings. The first kappa shape index (κ1) is 18.9. The fourth-order valence-electron chi connectivity index (χ4n) is 3.21. The third-order valence-corrected chi connectivity index (χ3v) is 4.81. The average molecular weight is 369 g/mol. The molecule has 1 saturated heterocycles. The van der Waals surface area contributed by atoms with Crippen LogP contribution in [0.15, 0.2) is 48.5 Å². The van der Waals surface area contributed by atoms with Crippen LogP contribution in [0.25, 0.3) is 0 Å². The topological polar surface area (TPSA) is 52.7 Å². The van der Waals surface area contributed by atoms with E-state index in [1.165, 1.54) is 6.07 Å². The molecular formula is C21H24FN3O2. The number of hydrogen-bond donors (Lipinski definition) is 1. The van der Waals surface area contributed by atoms with Gasteiger partial charge in [-0.05, 0) is 37.1 Å². The van der Waals surface area contributed by atoms with E-state index in [0.717, 1.165) is 5.69 Å². The van der Waals surface area contributed by atoms with Crippen molar-refractivity contribution in [2.24, 2.45) is 0 Å². The van der Waals surface area contributed by atoms with Crippen molar-refractivity contribution in [3.63, 3.8) is 0 Å². The molecule has 2 amide bonds. The SMILES string of the molecule is CC(=O)c1cccc(N2CCN(C(=O)NCCc3ccccc3F)CC2)c1. The molecule has 1 aliphatic heterocycles. The number of carbonyl (C=O) groups is 2. The highest BCUT2D eigenvalue weighted by Crippen LogP contribution is 2.18. The van der Waals surface area contributed by atoms with Crippen molar-refractivity contribution in [2.45, 2.75) is 13.3 Å². The molecule has 142 valence electrons. The Balaban J connectivity index is 1.47. The molecule has 5 nitrogen and oxygen atoms in total. The van der Waals surface area contributed by atoms with Crippen molar-refractivity contribution in [3.8, 4) is 0 Å². The van der Waals surface area contributed by atoms with Crippen LogP contribution >= 0.6 is 0 Å². The average Bonchev–Trinajstić information content (AvgIpc) is 2.69. The Morgan fingerprint density at radius 1 is 1.04 bits per heavy atom. The number of piperazine rings is 1. The number of carbonyl (C=O) groups excluding carboxylic acids is 2. The van der Waals surface area contributed by atoms with E-state index in [-0.39, 0.29) is 17.6 Å². The molecule has 0 spiro atoms. The zero-order valence-corrected chi connectivity index (χ0v) is 15.5. The van der Waals surface area contributed by atoms with Gasteiger partial charge in [0.1, 0.15) is 5.82 Å². The minimum Gasteiger partial charge on any atom is -0.368 e. The minimum absolute atomic E-state index is 0.0460. The molecule has 0 unspecified atom stereocenters. The van der Waals surface area contributed by atoms with Crippen molar-refractivity contribution in [1.82, 2.24) is 10.2 Å². The summed E-state index contributed by atoms with van der Waals surface area (Å²) in [6.45, 7) is 4.60. The number of nitrogens with zero attached hydrogens (tertiary/aromatic N) is 2. The monoisotopic (exact) mass is 369 g/mol. The Kier molecular flexibility index (Phi) is 6.06. The lowest BCUT2D eigenvalue weighted by molar-refractivity contribution is 0.101. The fourth-order valence-corrected chi connectivity index (χ4v) is 3.21. The van der Waals surface area contributed by atoms with E-state index in [2.05, 4.69) is 10.2 Å². The van der Waals surface area contributed by atoms with Gasteiger partial charge in [-0.1, -0.05) is 30.3 Å². The van der Waals surface area contributed by atoms with Crippen LogP contribution in [0.2, 0.25) is 0 Å². The lowest BCUT2D eigenvalue weighted by atomic mass is 10.1. The van der Waals surface area contributed by atoms with Gasteiger partial charge in [0.2, 0.25) is 0 Å². The second kappa shape index (κ2) is 8.66. The van der Waals surface area contributed by atoms with Crippen LogP contribution in [-0.2, 0) is 6.42 Å². The van der Waals surface area contributed by atoms with Crippen LogP contribution in [0.4, 0.5) is 14.9 Å². The Morgan fingerprint density at radius 2 is 1.78 bits per heavy atom. The van der Waals surface area contributed by atoms with Crippen LogP contribution in [0, 0.1) is 5.82 Å². The number of hydrogen-bond acceptors (Lipinski definition) is 3. The highest BCUT2D eigenvalue weighted by atomic mass is 19.1. The smallest absolute Gasteiger partial charge is 0.317 e. The Bertz CT molecular complexity index is 817. The molecule has 1 aliphatic rings. The summed E-state index contributed by atoms with van der Waals surface area (Å²) in [6, 6.07) is 14.1. The van der Waals surface area contributed by atoms with Crippen molar-refractivity contribution < 1.29 is 14.0 Å². The quantitative estimate of drug-likeness (QED) is 0.824. The number of amides is 2. The van der Waals surface area contributed by atoms with Crippen LogP contribution in [0.1, 0.15) is 22.8 Å². The lowest BCUT2D eigenvalue weighted by Gasteiger charge is -2.36. The molecule has 0 atom stereocenters. The maximum absolute atomic E-state index is 13.6. The van der Waals surface area contributed by atoms with Gasteiger partial charge in [-0.15, -0.1) is 0 Å². The standard InChI is InChI=1S/C21H24FN3O2/c1-16(26)18-6-4-7-19(15-18)24-11-13-25(14-12-24)21(27)23-10-9-17-5-2-3-8-20(17)22/h2-8,15H,9-14H2,1H3,(H,23,27). The molecule has 0 aromatic heterocycles. The number of halogens is 1. The molecule has 27 heavy (non-hydrogen) atoms. The molecule has 2 aromatic carbocycles. The number of benzene rings is 2. The minimum atomic E-state index is -0.242. The van der Waals surface area contributed by atoms with E-state index < -0.39 is 0 Å². The lowest BCUT2D eigenvalue weighted by Crippen LogP contribution is -2.52. The first-order valence-electron chi connectivity index (χ1n) is 9.17. The second-order valence-electron chi connectivity index (χ2n) is 6.65. The largest absolute Gasteiger partial charge is 0.368 e. The number of rotatable bonds is 5. The summed E-state index contributed by atoms with van der Waals surface area (Å²) in [5.74, 6) is -0.196. The molecule has 3 rings (SSSR count). The van der Waals surface area contributed by atoms with E-state index in [9.17, 15) is 14.0 Å². The van der Waals surface area contributed by atoms with Gasteiger partial charge in [-0.25, -0.2) is 9.18 Å². The number of ketones is 1. The molecule has 0 bridgehead atoms. The normalized spacial score (nSPS) is 14.1. The van der Waals surface area contributed by atoms with Gasteiger partial charge < -0.3 is 15.1 Å². The number of nitrogens with one attached hydrogen (secondary N) is 1. The van der Waals surface area contributed by atoms with Gasteiger partial charge in [0.05, 0.1) is 0 Å². The summed E-state index contributed by atoms with van der Waals surface area (Å²) >= 11 is 0. The highest BCUT2D eigenvalue weighted by Gasteiger charge is 2.21. The van der Waals surface area contributed by atoms with Crippen LogP contribution in [-0.4, -0.2) is 49.4 Å². The van der Waals surface area contributed by atoms with E-state index in [1.807, 2.05) is 24.3 Å². The van der Waals surface area contributed by atoms with Crippen molar-refractivity contribution in [2.75, 3.05) is 37.6 Å². The fraction of sp³-hybridized carbons (Fsp3) is 0.333. The van der Waals surface area contributed by atoms with Crippen LogP contribution in [0.3, 0.4) is 0 Å². The van der Waals surface area contributed by atoms with Gasteiger partial charge in [-0.3, -0.25) is 4.79 Å². The molecule has 0 radical (unpaired) electrons. The maximum atomic E-state index is 13.6. The number of urea groups is 1. The van der Waals surface area contributed by atoms with Gasteiger partial charge in [0.15, 0.2) is 5.78 Å². The van der Waals surface area contributed by atoms with Crippen molar-refractivity contribution in [3.05, 3.63) is 65.5 Å². The van der Waals surface area contributed by atoms with Crippen molar-refractivity contribution >= 4 is 17.5 Å². The second-order valence-corrected chi connectivity index (χ2v) is 6.65. The van der Waals surface area contributed by atoms with Gasteiger partial charge >= 0.3 is 6.03 Å². The molecule has 0 saturated carbocycles. The summed E-state index contributed by atoms with van der Waals surface area (Å²) in [7, 11) is 0. The number of Topliss-reactive ketones (excluding diaryl/α,β-unsaturated/α-hetero) is 1. The summed E-state index contributed by atoms with van der Waals surface area (Å²) in [5.41, 5.74) is 2.30. The van der Waals surface area contributed by atoms with Gasteiger partial charge in [0, 0.05) is 44.0 Å². The van der Waals surface area contributed by atoms with E-state index >= 15 is 0 Å². The highest BCUT2D eigenvalue weighted by molar-refractivity contribution is 5.95. The van der Waals surface area contributed by atoms with E-state index in [4.69, 9.17) is 0 Å². The van der Waals surface area contributed by atoms with Gasteiger partial charge in [0.25, 0.3) is 0 Å². The first-order chi connectivity index (χ1) is 13.0.